The van der Waals surface area contributed by atoms with Gasteiger partial charge < -0.3 is 9.84 Å². The summed E-state index contributed by atoms with van der Waals surface area (Å²) < 4.78 is 5.00. The number of carbonyl (C=O) groups excluding carboxylic acids is 1. The number of carbonyl (C=O) groups is 1. The van der Waals surface area contributed by atoms with Crippen LogP contribution in [0.4, 0.5) is 0 Å². The van der Waals surface area contributed by atoms with Gasteiger partial charge in [-0.2, -0.15) is 0 Å². The molecule has 2 unspecified atom stereocenters. The maximum absolute atomic E-state index is 10.8. The lowest BCUT2D eigenvalue weighted by atomic mass is 10.1. The summed E-state index contributed by atoms with van der Waals surface area (Å²) in [6, 6.07) is 0. The second kappa shape index (κ2) is 6.00. The van der Waals surface area contributed by atoms with Gasteiger partial charge in [-0.05, 0) is 26.7 Å². The third-order valence-corrected chi connectivity index (χ3v) is 1.61. The van der Waals surface area contributed by atoms with Crippen molar-refractivity contribution in [1.82, 2.24) is 0 Å². The molecule has 0 bridgehead atoms. The molecule has 0 rings (SSSR count). The van der Waals surface area contributed by atoms with E-state index in [9.17, 15) is 4.79 Å². The van der Waals surface area contributed by atoms with Crippen molar-refractivity contribution in [3.63, 3.8) is 0 Å². The minimum absolute atomic E-state index is 0.0768. The van der Waals surface area contributed by atoms with Crippen LogP contribution >= 0.6 is 0 Å². The third-order valence-electron chi connectivity index (χ3n) is 1.61. The van der Waals surface area contributed by atoms with Crippen LogP contribution in [0.2, 0.25) is 0 Å². The number of aliphatic hydroxyl groups is 1. The smallest absolute Gasteiger partial charge is 0.305 e. The number of hydrogen-bond donors (Lipinski definition) is 1. The van der Waals surface area contributed by atoms with Gasteiger partial charge in [-0.1, -0.05) is 6.92 Å². The van der Waals surface area contributed by atoms with Gasteiger partial charge in [0.05, 0.1) is 12.2 Å². The molecule has 0 saturated carbocycles. The molecule has 0 aliphatic heterocycles. The van der Waals surface area contributed by atoms with E-state index in [1.165, 1.54) is 0 Å². The van der Waals surface area contributed by atoms with Gasteiger partial charge >= 0.3 is 5.97 Å². The Labute approximate surface area is 73.7 Å². The largest absolute Gasteiger partial charge is 0.463 e. The van der Waals surface area contributed by atoms with E-state index in [0.717, 1.165) is 6.42 Å². The molecule has 0 aliphatic rings. The van der Waals surface area contributed by atoms with Gasteiger partial charge in [0, 0.05) is 6.42 Å². The quantitative estimate of drug-likeness (QED) is 0.642. The predicted molar refractivity (Wildman–Crippen MR) is 46.8 cm³/mol. The zero-order valence-electron chi connectivity index (χ0n) is 8.04. The monoisotopic (exact) mass is 174 g/mol. The molecule has 0 aromatic rings. The second-order valence-corrected chi connectivity index (χ2v) is 3.08. The van der Waals surface area contributed by atoms with Gasteiger partial charge in [0.2, 0.25) is 0 Å². The zero-order chi connectivity index (χ0) is 9.56. The molecule has 0 radical (unpaired) electrons. The molecule has 0 aliphatic carbocycles. The van der Waals surface area contributed by atoms with Crippen molar-refractivity contribution in [3.8, 4) is 0 Å². The summed E-state index contributed by atoms with van der Waals surface area (Å²) in [6.45, 7) is 5.34. The Morgan fingerprint density at radius 2 is 2.00 bits per heavy atom. The van der Waals surface area contributed by atoms with E-state index in [4.69, 9.17) is 9.84 Å². The number of esters is 1. The van der Waals surface area contributed by atoms with Crippen LogP contribution < -0.4 is 0 Å². The summed E-state index contributed by atoms with van der Waals surface area (Å²) in [5, 5.41) is 8.95. The summed E-state index contributed by atoms with van der Waals surface area (Å²) >= 11 is 0. The highest BCUT2D eigenvalue weighted by atomic mass is 16.5. The summed E-state index contributed by atoms with van der Waals surface area (Å²) in [4.78, 5) is 10.8. The third kappa shape index (κ3) is 6.16. The van der Waals surface area contributed by atoms with Crippen molar-refractivity contribution in [2.24, 2.45) is 0 Å². The summed E-state index contributed by atoms with van der Waals surface area (Å²) in [6.07, 6.45) is 1.43. The standard InChI is InChI=1S/C9H18O3/c1-4-9(11)12-8(3)6-5-7(2)10/h7-8,10H,4-6H2,1-3H3. The first-order valence-electron chi connectivity index (χ1n) is 4.43. The molecule has 0 aromatic heterocycles. The van der Waals surface area contributed by atoms with Crippen LogP contribution in [0, 0.1) is 0 Å². The van der Waals surface area contributed by atoms with E-state index in [0.29, 0.717) is 12.8 Å². The lowest BCUT2D eigenvalue weighted by Crippen LogP contribution is -2.15. The maximum atomic E-state index is 10.8. The van der Waals surface area contributed by atoms with E-state index in [1.807, 2.05) is 6.92 Å². The number of ether oxygens (including phenoxy) is 1. The van der Waals surface area contributed by atoms with Crippen molar-refractivity contribution in [3.05, 3.63) is 0 Å². The van der Waals surface area contributed by atoms with Gasteiger partial charge in [0.15, 0.2) is 0 Å². The van der Waals surface area contributed by atoms with Crippen LogP contribution in [0.25, 0.3) is 0 Å². The van der Waals surface area contributed by atoms with E-state index in [2.05, 4.69) is 0 Å². The molecule has 0 amide bonds. The Balaban J connectivity index is 3.45. The molecule has 1 N–H and O–H groups in total. The molecule has 0 aromatic carbocycles. The minimum Gasteiger partial charge on any atom is -0.463 e. The molecule has 3 nitrogen and oxygen atoms in total. The minimum atomic E-state index is -0.312. The number of hydrogen-bond acceptors (Lipinski definition) is 3. The van der Waals surface area contributed by atoms with E-state index in [1.54, 1.807) is 13.8 Å². The fraction of sp³-hybridized carbons (Fsp3) is 0.889. The molecule has 3 heteroatoms. The Kier molecular flexibility index (Phi) is 5.72. The molecule has 12 heavy (non-hydrogen) atoms. The van der Waals surface area contributed by atoms with Gasteiger partial charge in [0.1, 0.15) is 0 Å². The Bertz CT molecular complexity index is 132. The Morgan fingerprint density at radius 1 is 1.42 bits per heavy atom. The summed E-state index contributed by atoms with van der Waals surface area (Å²) in [5.74, 6) is -0.173. The van der Waals surface area contributed by atoms with Crippen molar-refractivity contribution >= 4 is 5.97 Å². The van der Waals surface area contributed by atoms with Gasteiger partial charge in [0.25, 0.3) is 0 Å². The fourth-order valence-electron chi connectivity index (χ4n) is 0.843. The van der Waals surface area contributed by atoms with Crippen LogP contribution in [0.15, 0.2) is 0 Å². The van der Waals surface area contributed by atoms with E-state index >= 15 is 0 Å². The van der Waals surface area contributed by atoms with Crippen LogP contribution in [0.3, 0.4) is 0 Å². The van der Waals surface area contributed by atoms with Crippen LogP contribution in [0.1, 0.15) is 40.0 Å². The number of aliphatic hydroxyl groups excluding tert-OH is 1. The molecule has 0 fully saturated rings. The molecule has 0 heterocycles. The molecule has 2 atom stereocenters. The SMILES string of the molecule is CCC(=O)OC(C)CCC(C)O. The number of rotatable bonds is 5. The first-order valence-corrected chi connectivity index (χ1v) is 4.43. The molecular formula is C9H18O3. The van der Waals surface area contributed by atoms with Crippen molar-refractivity contribution in [1.29, 1.82) is 0 Å². The van der Waals surface area contributed by atoms with Gasteiger partial charge in [-0.25, -0.2) is 0 Å². The highest BCUT2D eigenvalue weighted by molar-refractivity contribution is 5.69. The highest BCUT2D eigenvalue weighted by Gasteiger charge is 2.08. The van der Waals surface area contributed by atoms with Crippen LogP contribution in [-0.2, 0) is 9.53 Å². The van der Waals surface area contributed by atoms with Gasteiger partial charge in [-0.3, -0.25) is 4.79 Å². The average Bonchev–Trinajstić information content (AvgIpc) is 2.00. The first-order chi connectivity index (χ1) is 5.56. The first kappa shape index (κ1) is 11.4. The molecule has 0 saturated heterocycles. The zero-order valence-corrected chi connectivity index (χ0v) is 8.04. The van der Waals surface area contributed by atoms with Crippen LogP contribution in [-0.4, -0.2) is 23.3 Å². The second-order valence-electron chi connectivity index (χ2n) is 3.08. The average molecular weight is 174 g/mol. The Morgan fingerprint density at radius 3 is 2.42 bits per heavy atom. The Hall–Kier alpha value is -0.570. The van der Waals surface area contributed by atoms with Crippen molar-refractivity contribution in [2.75, 3.05) is 0 Å². The normalized spacial score (nSPS) is 15.3. The lowest BCUT2D eigenvalue weighted by Gasteiger charge is -2.13. The summed E-state index contributed by atoms with van der Waals surface area (Å²) in [7, 11) is 0. The van der Waals surface area contributed by atoms with Crippen molar-refractivity contribution in [2.45, 2.75) is 52.2 Å². The molecule has 72 valence electrons. The van der Waals surface area contributed by atoms with E-state index in [-0.39, 0.29) is 18.2 Å². The maximum Gasteiger partial charge on any atom is 0.305 e. The molecular weight excluding hydrogens is 156 g/mol. The topological polar surface area (TPSA) is 46.5 Å². The van der Waals surface area contributed by atoms with Crippen LogP contribution in [0.5, 0.6) is 0 Å². The predicted octanol–water partition coefficient (Wildman–Crippen LogP) is 1.49. The lowest BCUT2D eigenvalue weighted by molar-refractivity contribution is -0.148. The van der Waals surface area contributed by atoms with Crippen molar-refractivity contribution < 1.29 is 14.6 Å². The van der Waals surface area contributed by atoms with E-state index < -0.39 is 0 Å². The molecule has 0 spiro atoms. The highest BCUT2D eigenvalue weighted by Crippen LogP contribution is 2.05. The summed E-state index contributed by atoms with van der Waals surface area (Å²) in [5.41, 5.74) is 0. The van der Waals surface area contributed by atoms with Gasteiger partial charge in [-0.15, -0.1) is 0 Å². The fourth-order valence-corrected chi connectivity index (χ4v) is 0.843.